The van der Waals surface area contributed by atoms with Crippen molar-refractivity contribution in [1.29, 1.82) is 0 Å². The summed E-state index contributed by atoms with van der Waals surface area (Å²) in [6.45, 7) is 2.06. The van der Waals surface area contributed by atoms with Crippen molar-refractivity contribution in [2.45, 2.75) is 24.5 Å². The van der Waals surface area contributed by atoms with Crippen molar-refractivity contribution in [1.82, 2.24) is 4.98 Å². The third kappa shape index (κ3) is 3.03. The number of pyridine rings is 1. The van der Waals surface area contributed by atoms with E-state index in [2.05, 4.69) is 18.0 Å². The number of aryl methyl sites for hydroxylation is 1. The van der Waals surface area contributed by atoms with Crippen molar-refractivity contribution in [2.24, 2.45) is 0 Å². The quantitative estimate of drug-likeness (QED) is 0.879. The van der Waals surface area contributed by atoms with Crippen LogP contribution in [-0.4, -0.2) is 27.9 Å². The average Bonchev–Trinajstić information content (AvgIpc) is 2.87. The normalized spacial score (nSPS) is 16.3. The van der Waals surface area contributed by atoms with Gasteiger partial charge in [-0.2, -0.15) is 0 Å². The predicted octanol–water partition coefficient (Wildman–Crippen LogP) is 3.18. The molecule has 0 amide bonds. The molecule has 3 rings (SSSR count). The molecular weight excluding hydrogens is 286 g/mol. The fraction of sp³-hybridized carbons (Fsp3) is 0.250. The summed E-state index contributed by atoms with van der Waals surface area (Å²) in [5, 5.41) is 9.69. The largest absolute Gasteiger partial charge is 0.489 e. The van der Waals surface area contributed by atoms with E-state index >= 15 is 0 Å². The number of benzene rings is 1. The fourth-order valence-electron chi connectivity index (χ4n) is 2.38. The maximum atomic E-state index is 11.1. The van der Waals surface area contributed by atoms with E-state index < -0.39 is 5.97 Å². The second-order valence-corrected chi connectivity index (χ2v) is 6.04. The first-order chi connectivity index (χ1) is 10.1. The van der Waals surface area contributed by atoms with E-state index in [4.69, 9.17) is 9.84 Å². The maximum absolute atomic E-state index is 11.1. The summed E-state index contributed by atoms with van der Waals surface area (Å²) in [4.78, 5) is 15.3. The van der Waals surface area contributed by atoms with Gasteiger partial charge in [-0.25, -0.2) is 9.78 Å². The number of rotatable bonds is 4. The van der Waals surface area contributed by atoms with Crippen LogP contribution in [0.5, 0.6) is 5.75 Å². The van der Waals surface area contributed by atoms with Gasteiger partial charge in [0, 0.05) is 18.4 Å². The first kappa shape index (κ1) is 13.9. The molecule has 1 aromatic heterocycles. The summed E-state index contributed by atoms with van der Waals surface area (Å²) in [6, 6.07) is 9.39. The first-order valence-corrected chi connectivity index (χ1v) is 7.69. The van der Waals surface area contributed by atoms with Gasteiger partial charge in [-0.05, 0) is 30.7 Å². The van der Waals surface area contributed by atoms with Crippen LogP contribution in [-0.2, 0) is 6.42 Å². The molecule has 0 saturated carbocycles. The van der Waals surface area contributed by atoms with Crippen LogP contribution >= 0.6 is 11.8 Å². The van der Waals surface area contributed by atoms with Gasteiger partial charge in [-0.3, -0.25) is 0 Å². The molecule has 1 aromatic carbocycles. The lowest BCUT2D eigenvalue weighted by atomic mass is 10.1. The van der Waals surface area contributed by atoms with Gasteiger partial charge in [-0.15, -0.1) is 11.8 Å². The minimum Gasteiger partial charge on any atom is -0.489 e. The standard InChI is InChI=1S/C16H15NO3S/c1-10-4-5-14-11(7-10)8-12(20-14)9-21-15-13(16(18)19)3-2-6-17-15/h2-7,12H,8-9H2,1H3,(H,18,19). The minimum absolute atomic E-state index is 0.0652. The molecule has 0 bridgehead atoms. The molecule has 1 aliphatic heterocycles. The number of carbonyl (C=O) groups is 1. The molecular formula is C16H15NO3S. The summed E-state index contributed by atoms with van der Waals surface area (Å²) >= 11 is 1.43. The molecule has 0 radical (unpaired) electrons. The zero-order chi connectivity index (χ0) is 14.8. The Balaban J connectivity index is 1.67. The van der Waals surface area contributed by atoms with E-state index in [9.17, 15) is 4.79 Å². The van der Waals surface area contributed by atoms with Gasteiger partial charge in [0.2, 0.25) is 0 Å². The van der Waals surface area contributed by atoms with Gasteiger partial charge in [-0.1, -0.05) is 17.7 Å². The molecule has 4 nitrogen and oxygen atoms in total. The Bertz CT molecular complexity index is 687. The molecule has 1 atom stereocenters. The second-order valence-electron chi connectivity index (χ2n) is 5.03. The zero-order valence-corrected chi connectivity index (χ0v) is 12.4. The van der Waals surface area contributed by atoms with Crippen LogP contribution in [0, 0.1) is 6.92 Å². The maximum Gasteiger partial charge on any atom is 0.338 e. The average molecular weight is 301 g/mol. The van der Waals surface area contributed by atoms with Gasteiger partial charge < -0.3 is 9.84 Å². The van der Waals surface area contributed by atoms with Crippen LogP contribution < -0.4 is 4.74 Å². The number of thioether (sulfide) groups is 1. The highest BCUT2D eigenvalue weighted by Gasteiger charge is 2.23. The third-order valence-electron chi connectivity index (χ3n) is 3.36. The van der Waals surface area contributed by atoms with Crippen LogP contribution in [0.15, 0.2) is 41.6 Å². The number of carboxylic acid groups (broad SMARTS) is 1. The lowest BCUT2D eigenvalue weighted by Gasteiger charge is -2.10. The Morgan fingerprint density at radius 1 is 1.48 bits per heavy atom. The molecule has 2 heterocycles. The number of fused-ring (bicyclic) bond motifs is 1. The van der Waals surface area contributed by atoms with E-state index in [1.54, 1.807) is 18.3 Å². The molecule has 1 N–H and O–H groups in total. The van der Waals surface area contributed by atoms with Crippen molar-refractivity contribution in [3.8, 4) is 5.75 Å². The molecule has 1 aliphatic rings. The lowest BCUT2D eigenvalue weighted by Crippen LogP contribution is -2.16. The van der Waals surface area contributed by atoms with Crippen LogP contribution in [0.4, 0.5) is 0 Å². The Kier molecular flexibility index (Phi) is 3.84. The molecule has 0 aliphatic carbocycles. The number of hydrogen-bond acceptors (Lipinski definition) is 4. The molecule has 0 spiro atoms. The topological polar surface area (TPSA) is 59.4 Å². The van der Waals surface area contributed by atoms with E-state index in [1.807, 2.05) is 12.1 Å². The fourth-order valence-corrected chi connectivity index (χ4v) is 3.36. The molecule has 21 heavy (non-hydrogen) atoms. The Hall–Kier alpha value is -2.01. The van der Waals surface area contributed by atoms with E-state index in [-0.39, 0.29) is 11.7 Å². The highest BCUT2D eigenvalue weighted by molar-refractivity contribution is 7.99. The second kappa shape index (κ2) is 5.77. The summed E-state index contributed by atoms with van der Waals surface area (Å²) in [6.07, 6.45) is 2.54. The molecule has 108 valence electrons. The molecule has 0 saturated heterocycles. The Morgan fingerprint density at radius 3 is 3.14 bits per heavy atom. The van der Waals surface area contributed by atoms with Crippen molar-refractivity contribution >= 4 is 17.7 Å². The van der Waals surface area contributed by atoms with E-state index in [0.717, 1.165) is 12.2 Å². The van der Waals surface area contributed by atoms with Crippen molar-refractivity contribution < 1.29 is 14.6 Å². The van der Waals surface area contributed by atoms with Gasteiger partial charge in [0.15, 0.2) is 0 Å². The highest BCUT2D eigenvalue weighted by atomic mass is 32.2. The van der Waals surface area contributed by atoms with E-state index in [1.165, 1.54) is 22.9 Å². The molecule has 1 unspecified atom stereocenters. The minimum atomic E-state index is -0.947. The van der Waals surface area contributed by atoms with Crippen LogP contribution in [0.25, 0.3) is 0 Å². The lowest BCUT2D eigenvalue weighted by molar-refractivity contribution is 0.0692. The Morgan fingerprint density at radius 2 is 2.33 bits per heavy atom. The number of aromatic carboxylic acids is 1. The summed E-state index contributed by atoms with van der Waals surface area (Å²) in [5.41, 5.74) is 2.69. The van der Waals surface area contributed by atoms with Crippen molar-refractivity contribution in [3.05, 3.63) is 53.2 Å². The van der Waals surface area contributed by atoms with E-state index in [0.29, 0.717) is 10.8 Å². The Labute approximate surface area is 127 Å². The van der Waals surface area contributed by atoms with Crippen molar-refractivity contribution in [3.63, 3.8) is 0 Å². The molecule has 5 heteroatoms. The van der Waals surface area contributed by atoms with Crippen molar-refractivity contribution in [2.75, 3.05) is 5.75 Å². The summed E-state index contributed by atoms with van der Waals surface area (Å²) in [5.74, 6) is 0.674. The third-order valence-corrected chi connectivity index (χ3v) is 4.50. The summed E-state index contributed by atoms with van der Waals surface area (Å²) in [7, 11) is 0. The number of nitrogens with zero attached hydrogens (tertiary/aromatic N) is 1. The van der Waals surface area contributed by atoms with Gasteiger partial charge in [0.05, 0.1) is 5.56 Å². The zero-order valence-electron chi connectivity index (χ0n) is 11.6. The first-order valence-electron chi connectivity index (χ1n) is 6.71. The van der Waals surface area contributed by atoms with Crippen LogP contribution in [0.2, 0.25) is 0 Å². The number of hydrogen-bond donors (Lipinski definition) is 1. The SMILES string of the molecule is Cc1ccc2c(c1)CC(CSc1ncccc1C(=O)O)O2. The van der Waals surface area contributed by atoms with Gasteiger partial charge in [0.1, 0.15) is 16.9 Å². The number of aromatic nitrogens is 1. The highest BCUT2D eigenvalue weighted by Crippen LogP contribution is 2.32. The van der Waals surface area contributed by atoms with Gasteiger partial charge in [0.25, 0.3) is 0 Å². The monoisotopic (exact) mass is 301 g/mol. The number of ether oxygens (including phenoxy) is 1. The molecule has 0 fully saturated rings. The smallest absolute Gasteiger partial charge is 0.338 e. The van der Waals surface area contributed by atoms with Crippen LogP contribution in [0.1, 0.15) is 21.5 Å². The van der Waals surface area contributed by atoms with Gasteiger partial charge >= 0.3 is 5.97 Å². The number of carboxylic acids is 1. The summed E-state index contributed by atoms with van der Waals surface area (Å²) < 4.78 is 5.89. The molecule has 2 aromatic rings. The van der Waals surface area contributed by atoms with Crippen LogP contribution in [0.3, 0.4) is 0 Å². The predicted molar refractivity (Wildman–Crippen MR) is 81.2 cm³/mol.